The van der Waals surface area contributed by atoms with E-state index in [9.17, 15) is 4.79 Å². The van der Waals surface area contributed by atoms with Gasteiger partial charge in [-0.15, -0.1) is 11.3 Å². The average molecular weight is 253 g/mol. The highest BCUT2D eigenvalue weighted by atomic mass is 32.1. The van der Waals surface area contributed by atoms with Gasteiger partial charge in [-0.25, -0.2) is 4.98 Å². The van der Waals surface area contributed by atoms with Crippen LogP contribution in [0.5, 0.6) is 0 Å². The number of thiazole rings is 1. The minimum atomic E-state index is 0.0390. The number of likely N-dealkylation sites (N-methyl/N-ethyl adjacent to an activating group) is 1. The number of carbonyl (C=O) groups is 1. The van der Waals surface area contributed by atoms with Crippen molar-refractivity contribution in [1.82, 2.24) is 15.2 Å². The highest BCUT2D eigenvalue weighted by Gasteiger charge is 2.30. The van der Waals surface area contributed by atoms with Gasteiger partial charge in [0.2, 0.25) is 5.91 Å². The van der Waals surface area contributed by atoms with Crippen molar-refractivity contribution >= 4 is 17.2 Å². The third kappa shape index (κ3) is 3.04. The Morgan fingerprint density at radius 1 is 1.65 bits per heavy atom. The maximum atomic E-state index is 12.0. The molecule has 1 aromatic heterocycles. The minimum Gasteiger partial charge on any atom is -0.341 e. The number of aromatic nitrogens is 1. The number of likely N-dealkylation sites (tertiary alicyclic amines) is 1. The predicted molar refractivity (Wildman–Crippen MR) is 69.2 cm³/mol. The van der Waals surface area contributed by atoms with E-state index in [2.05, 4.69) is 15.7 Å². The van der Waals surface area contributed by atoms with E-state index in [-0.39, 0.29) is 11.9 Å². The molecular weight excluding hydrogens is 234 g/mol. The van der Waals surface area contributed by atoms with Crippen molar-refractivity contribution in [3.05, 3.63) is 16.1 Å². The summed E-state index contributed by atoms with van der Waals surface area (Å²) in [4.78, 5) is 18.3. The van der Waals surface area contributed by atoms with Crippen LogP contribution in [0.2, 0.25) is 0 Å². The van der Waals surface area contributed by atoms with Gasteiger partial charge in [-0.2, -0.15) is 0 Å². The number of rotatable bonds is 5. The Bertz CT molecular complexity index is 391. The normalized spacial score (nSPS) is 20.2. The molecule has 1 aromatic rings. The highest BCUT2D eigenvalue weighted by Crippen LogP contribution is 2.13. The van der Waals surface area contributed by atoms with E-state index in [1.165, 1.54) is 0 Å². The molecular formula is C12H19N3OS. The molecule has 2 heterocycles. The Labute approximate surface area is 106 Å². The molecule has 4 nitrogen and oxygen atoms in total. The van der Waals surface area contributed by atoms with Gasteiger partial charge in [0.05, 0.1) is 16.7 Å². The van der Waals surface area contributed by atoms with Gasteiger partial charge < -0.3 is 10.2 Å². The predicted octanol–water partition coefficient (Wildman–Crippen LogP) is 1.20. The third-order valence-corrected chi connectivity index (χ3v) is 3.87. The minimum absolute atomic E-state index is 0.0390. The molecule has 0 aliphatic carbocycles. The summed E-state index contributed by atoms with van der Waals surface area (Å²) in [5.41, 5.74) is 1.10. The number of aryl methyl sites for hydroxylation is 1. The summed E-state index contributed by atoms with van der Waals surface area (Å²) in [6.07, 6.45) is 1.80. The summed E-state index contributed by atoms with van der Waals surface area (Å²) in [6.45, 7) is 6.57. The summed E-state index contributed by atoms with van der Waals surface area (Å²) < 4.78 is 0. The molecule has 1 amide bonds. The fourth-order valence-corrected chi connectivity index (χ4v) is 2.82. The maximum Gasteiger partial charge on any atom is 0.239 e. The van der Waals surface area contributed by atoms with Crippen molar-refractivity contribution in [1.29, 1.82) is 0 Å². The van der Waals surface area contributed by atoms with Crippen LogP contribution in [-0.4, -0.2) is 41.5 Å². The Balaban J connectivity index is 1.82. The summed E-state index contributed by atoms with van der Waals surface area (Å²) in [6, 6.07) is 0.0390. The van der Waals surface area contributed by atoms with E-state index in [0.717, 1.165) is 43.2 Å². The van der Waals surface area contributed by atoms with E-state index < -0.39 is 0 Å². The first kappa shape index (κ1) is 12.5. The van der Waals surface area contributed by atoms with Crippen molar-refractivity contribution in [2.75, 3.05) is 19.6 Å². The van der Waals surface area contributed by atoms with Gasteiger partial charge in [-0.3, -0.25) is 4.79 Å². The van der Waals surface area contributed by atoms with Gasteiger partial charge in [0.1, 0.15) is 0 Å². The number of nitrogens with one attached hydrogen (secondary N) is 1. The quantitative estimate of drug-likeness (QED) is 0.858. The van der Waals surface area contributed by atoms with Crippen LogP contribution in [0.1, 0.15) is 24.0 Å². The zero-order chi connectivity index (χ0) is 12.3. The van der Waals surface area contributed by atoms with Crippen LogP contribution in [0.3, 0.4) is 0 Å². The monoisotopic (exact) mass is 253 g/mol. The van der Waals surface area contributed by atoms with E-state index in [1.807, 2.05) is 18.7 Å². The van der Waals surface area contributed by atoms with Crippen LogP contribution in [-0.2, 0) is 11.2 Å². The maximum absolute atomic E-state index is 12.0. The lowest BCUT2D eigenvalue weighted by Gasteiger charge is -2.16. The second-order valence-electron chi connectivity index (χ2n) is 4.33. The first-order chi connectivity index (χ1) is 8.20. The number of nitrogens with zero attached hydrogens (tertiary/aromatic N) is 2. The molecule has 1 fully saturated rings. The van der Waals surface area contributed by atoms with Gasteiger partial charge in [0, 0.05) is 24.9 Å². The van der Waals surface area contributed by atoms with E-state index in [1.54, 1.807) is 11.3 Å². The van der Waals surface area contributed by atoms with Crippen molar-refractivity contribution in [2.24, 2.45) is 0 Å². The molecule has 0 aromatic carbocycles. The largest absolute Gasteiger partial charge is 0.341 e. The Morgan fingerprint density at radius 2 is 2.47 bits per heavy atom. The molecule has 0 saturated carbocycles. The van der Waals surface area contributed by atoms with E-state index in [0.29, 0.717) is 0 Å². The zero-order valence-corrected chi connectivity index (χ0v) is 11.2. The molecule has 1 aliphatic rings. The molecule has 1 saturated heterocycles. The smallest absolute Gasteiger partial charge is 0.239 e. The summed E-state index contributed by atoms with van der Waals surface area (Å²) in [5.74, 6) is 0.249. The SMILES string of the molecule is CCNC1CCN(CCc2csc(C)n2)C1=O. The molecule has 1 atom stereocenters. The summed E-state index contributed by atoms with van der Waals surface area (Å²) in [5, 5.41) is 6.40. The summed E-state index contributed by atoms with van der Waals surface area (Å²) in [7, 11) is 0. The number of hydrogen-bond acceptors (Lipinski definition) is 4. The molecule has 0 radical (unpaired) electrons. The Kier molecular flexibility index (Phi) is 4.12. The molecule has 2 rings (SSSR count). The van der Waals surface area contributed by atoms with Gasteiger partial charge in [-0.1, -0.05) is 6.92 Å². The second-order valence-corrected chi connectivity index (χ2v) is 5.39. The molecule has 0 bridgehead atoms. The molecule has 17 heavy (non-hydrogen) atoms. The standard InChI is InChI=1S/C12H19N3OS/c1-3-13-11-5-7-15(12(11)16)6-4-10-8-17-9(2)14-10/h8,11,13H,3-7H2,1-2H3. The topological polar surface area (TPSA) is 45.2 Å². The van der Waals surface area contributed by atoms with Gasteiger partial charge in [0.15, 0.2) is 0 Å². The number of hydrogen-bond donors (Lipinski definition) is 1. The lowest BCUT2D eigenvalue weighted by Crippen LogP contribution is -2.38. The third-order valence-electron chi connectivity index (χ3n) is 3.05. The van der Waals surface area contributed by atoms with Gasteiger partial charge >= 0.3 is 0 Å². The van der Waals surface area contributed by atoms with Gasteiger partial charge in [0.25, 0.3) is 0 Å². The average Bonchev–Trinajstić information content (AvgIpc) is 2.86. The van der Waals surface area contributed by atoms with Crippen LogP contribution in [0.4, 0.5) is 0 Å². The van der Waals surface area contributed by atoms with E-state index in [4.69, 9.17) is 0 Å². The molecule has 1 N–H and O–H groups in total. The lowest BCUT2D eigenvalue weighted by atomic mass is 10.2. The zero-order valence-electron chi connectivity index (χ0n) is 10.4. The van der Waals surface area contributed by atoms with Crippen LogP contribution >= 0.6 is 11.3 Å². The number of carbonyl (C=O) groups excluding carboxylic acids is 1. The van der Waals surface area contributed by atoms with Crippen LogP contribution in [0, 0.1) is 6.92 Å². The fraction of sp³-hybridized carbons (Fsp3) is 0.667. The molecule has 1 aliphatic heterocycles. The Morgan fingerprint density at radius 3 is 3.12 bits per heavy atom. The van der Waals surface area contributed by atoms with Crippen LogP contribution < -0.4 is 5.32 Å². The lowest BCUT2D eigenvalue weighted by molar-refractivity contribution is -0.129. The first-order valence-corrected chi connectivity index (χ1v) is 7.02. The molecule has 0 spiro atoms. The fourth-order valence-electron chi connectivity index (χ4n) is 2.17. The molecule has 94 valence electrons. The number of amides is 1. The van der Waals surface area contributed by atoms with Crippen molar-refractivity contribution < 1.29 is 4.79 Å². The van der Waals surface area contributed by atoms with Crippen molar-refractivity contribution in [2.45, 2.75) is 32.7 Å². The van der Waals surface area contributed by atoms with Crippen molar-refractivity contribution in [3.63, 3.8) is 0 Å². The highest BCUT2D eigenvalue weighted by molar-refractivity contribution is 7.09. The van der Waals surface area contributed by atoms with Crippen LogP contribution in [0.25, 0.3) is 0 Å². The Hall–Kier alpha value is -0.940. The van der Waals surface area contributed by atoms with Crippen LogP contribution in [0.15, 0.2) is 5.38 Å². The second kappa shape index (κ2) is 5.60. The first-order valence-electron chi connectivity index (χ1n) is 6.14. The van der Waals surface area contributed by atoms with Gasteiger partial charge in [-0.05, 0) is 19.9 Å². The summed E-state index contributed by atoms with van der Waals surface area (Å²) >= 11 is 1.67. The van der Waals surface area contributed by atoms with E-state index >= 15 is 0 Å². The molecule has 5 heteroatoms. The molecule has 1 unspecified atom stereocenters. The van der Waals surface area contributed by atoms with Crippen molar-refractivity contribution in [3.8, 4) is 0 Å².